The molecule has 0 aliphatic carbocycles. The molecule has 1 saturated heterocycles. The smallest absolute Gasteiger partial charge is 0.280 e. The molecule has 1 amide bonds. The second-order valence-corrected chi connectivity index (χ2v) is 10.4. The summed E-state index contributed by atoms with van der Waals surface area (Å²) in [5.41, 5.74) is 1.93. The first-order valence-electron chi connectivity index (χ1n) is 13.7. The molecule has 5 rings (SSSR count). The monoisotopic (exact) mass is 515 g/mol. The van der Waals surface area contributed by atoms with Gasteiger partial charge in [0.2, 0.25) is 5.91 Å². The van der Waals surface area contributed by atoms with Crippen LogP contribution in [0, 0.1) is 12.8 Å². The van der Waals surface area contributed by atoms with Gasteiger partial charge in [-0.3, -0.25) is 9.59 Å². The van der Waals surface area contributed by atoms with Gasteiger partial charge in [0.1, 0.15) is 10.9 Å². The lowest BCUT2D eigenvalue weighted by Gasteiger charge is -2.30. The minimum atomic E-state index is -0.201. The lowest BCUT2D eigenvalue weighted by Crippen LogP contribution is -2.36. The van der Waals surface area contributed by atoms with Crippen molar-refractivity contribution in [3.8, 4) is 11.5 Å². The molecule has 1 aliphatic heterocycles. The lowest BCUT2D eigenvalue weighted by atomic mass is 10.0. The average molecular weight is 516 g/mol. The van der Waals surface area contributed by atoms with E-state index in [0.29, 0.717) is 48.3 Å². The molecule has 1 N–H and O–H groups in total. The van der Waals surface area contributed by atoms with Crippen molar-refractivity contribution in [2.75, 3.05) is 26.2 Å². The first-order chi connectivity index (χ1) is 18.5. The van der Waals surface area contributed by atoms with E-state index in [9.17, 15) is 9.59 Å². The molecular weight excluding hydrogens is 478 g/mol. The highest BCUT2D eigenvalue weighted by atomic mass is 16.1. The predicted molar refractivity (Wildman–Crippen MR) is 149 cm³/mol. The summed E-state index contributed by atoms with van der Waals surface area (Å²) in [6, 6.07) is 13.6. The molecule has 1 aromatic carbocycles. The molecule has 0 saturated carbocycles. The van der Waals surface area contributed by atoms with Crippen molar-refractivity contribution in [2.45, 2.75) is 52.5 Å². The molecule has 0 spiro atoms. The summed E-state index contributed by atoms with van der Waals surface area (Å²) in [7, 11) is 0. The molecule has 4 heterocycles. The number of aromatic nitrogens is 5. The molecular formula is C29H37N7O2. The second-order valence-electron chi connectivity index (χ2n) is 10.4. The first kappa shape index (κ1) is 25.9. The third-order valence-electron chi connectivity index (χ3n) is 7.26. The van der Waals surface area contributed by atoms with Crippen LogP contribution in [0.2, 0.25) is 0 Å². The van der Waals surface area contributed by atoms with Crippen molar-refractivity contribution in [3.05, 3.63) is 70.9 Å². The summed E-state index contributed by atoms with van der Waals surface area (Å²) in [5, 5.41) is 12.9. The number of aryl methyl sites for hydroxylation is 2. The topological polar surface area (TPSA) is 90.0 Å². The van der Waals surface area contributed by atoms with Crippen LogP contribution in [0.3, 0.4) is 0 Å². The van der Waals surface area contributed by atoms with Crippen LogP contribution in [-0.4, -0.2) is 61.1 Å². The van der Waals surface area contributed by atoms with Gasteiger partial charge in [-0.25, -0.2) is 9.36 Å². The summed E-state index contributed by atoms with van der Waals surface area (Å²) < 4.78 is 5.18. The molecule has 0 unspecified atom stereocenters. The van der Waals surface area contributed by atoms with Crippen LogP contribution in [0.1, 0.15) is 44.7 Å². The van der Waals surface area contributed by atoms with Gasteiger partial charge < -0.3 is 14.8 Å². The molecule has 3 aromatic heterocycles. The van der Waals surface area contributed by atoms with Crippen LogP contribution < -0.4 is 10.9 Å². The normalized spacial score (nSPS) is 16.2. The molecule has 9 heteroatoms. The summed E-state index contributed by atoms with van der Waals surface area (Å²) in [4.78, 5) is 28.5. The summed E-state index contributed by atoms with van der Waals surface area (Å²) in [6.45, 7) is 8.60. The molecule has 200 valence electrons. The first-order valence-corrected chi connectivity index (χ1v) is 13.7. The van der Waals surface area contributed by atoms with Gasteiger partial charge in [-0.1, -0.05) is 25.1 Å². The Morgan fingerprint density at radius 3 is 2.61 bits per heavy atom. The van der Waals surface area contributed by atoms with Crippen molar-refractivity contribution in [2.24, 2.45) is 5.92 Å². The number of rotatable bonds is 10. The number of nitrogens with one attached hydrogen (secondary N) is 1. The number of hydrogen-bond acceptors (Lipinski definition) is 5. The van der Waals surface area contributed by atoms with Gasteiger partial charge in [0.15, 0.2) is 5.82 Å². The van der Waals surface area contributed by atoms with Crippen molar-refractivity contribution >= 4 is 16.8 Å². The minimum Gasteiger partial charge on any atom is -0.356 e. The zero-order valence-electron chi connectivity index (χ0n) is 22.3. The van der Waals surface area contributed by atoms with Crippen LogP contribution >= 0.6 is 0 Å². The highest BCUT2D eigenvalue weighted by Gasteiger charge is 2.21. The molecule has 1 aliphatic rings. The van der Waals surface area contributed by atoms with Gasteiger partial charge in [-0.2, -0.15) is 10.2 Å². The molecule has 38 heavy (non-hydrogen) atoms. The Balaban J connectivity index is 1.26. The van der Waals surface area contributed by atoms with E-state index in [4.69, 9.17) is 5.10 Å². The Morgan fingerprint density at radius 1 is 1.05 bits per heavy atom. The van der Waals surface area contributed by atoms with Gasteiger partial charge in [0, 0.05) is 38.4 Å². The van der Waals surface area contributed by atoms with Gasteiger partial charge in [0.25, 0.3) is 5.56 Å². The number of amides is 1. The molecule has 1 fully saturated rings. The summed E-state index contributed by atoms with van der Waals surface area (Å²) in [6.07, 6.45) is 8.27. The van der Waals surface area contributed by atoms with E-state index in [1.54, 1.807) is 4.68 Å². The van der Waals surface area contributed by atoms with Crippen molar-refractivity contribution in [3.63, 3.8) is 0 Å². The van der Waals surface area contributed by atoms with Crippen LogP contribution in [0.15, 0.2) is 59.7 Å². The molecule has 0 bridgehead atoms. The third kappa shape index (κ3) is 5.72. The largest absolute Gasteiger partial charge is 0.356 e. The van der Waals surface area contributed by atoms with Gasteiger partial charge in [-0.05, 0) is 75.9 Å². The third-order valence-corrected chi connectivity index (χ3v) is 7.26. The van der Waals surface area contributed by atoms with Gasteiger partial charge >= 0.3 is 0 Å². The Kier molecular flexibility index (Phi) is 8.03. The predicted octanol–water partition coefficient (Wildman–Crippen LogP) is 3.70. The number of nitrogens with zero attached hydrogens (tertiary/aromatic N) is 6. The summed E-state index contributed by atoms with van der Waals surface area (Å²) in [5.74, 6) is 1.47. The molecule has 4 aromatic rings. The minimum absolute atomic E-state index is 0.0211. The Hall–Kier alpha value is -3.72. The van der Waals surface area contributed by atoms with E-state index in [1.807, 2.05) is 66.3 Å². The highest BCUT2D eigenvalue weighted by Crippen LogP contribution is 2.24. The fourth-order valence-electron chi connectivity index (χ4n) is 5.38. The number of piperidine rings is 1. The number of para-hydroxylation sites is 1. The van der Waals surface area contributed by atoms with E-state index in [-0.39, 0.29) is 11.5 Å². The van der Waals surface area contributed by atoms with Crippen LogP contribution in [0.25, 0.3) is 22.4 Å². The SMILES string of the molecule is Cc1nn(CCCC(=O)NCCCN2CCC[C@H](C)C2)c(=O)c2c(-n3cccc3)n(-c3ccccc3)nc12. The molecule has 1 atom stereocenters. The van der Waals surface area contributed by atoms with E-state index >= 15 is 0 Å². The van der Waals surface area contributed by atoms with E-state index < -0.39 is 0 Å². The van der Waals surface area contributed by atoms with Crippen molar-refractivity contribution in [1.29, 1.82) is 0 Å². The number of carbonyl (C=O) groups excluding carboxylic acids is 1. The second kappa shape index (κ2) is 11.8. The maximum absolute atomic E-state index is 13.6. The Bertz CT molecular complexity index is 1420. The number of carbonyl (C=O) groups is 1. The number of hydrogen-bond donors (Lipinski definition) is 1. The van der Waals surface area contributed by atoms with Crippen LogP contribution in [-0.2, 0) is 11.3 Å². The Morgan fingerprint density at radius 2 is 1.84 bits per heavy atom. The fraction of sp³-hybridized carbons (Fsp3) is 0.448. The van der Waals surface area contributed by atoms with E-state index in [0.717, 1.165) is 31.1 Å². The van der Waals surface area contributed by atoms with Crippen LogP contribution in [0.4, 0.5) is 0 Å². The molecule has 9 nitrogen and oxygen atoms in total. The highest BCUT2D eigenvalue weighted by molar-refractivity contribution is 5.87. The summed E-state index contributed by atoms with van der Waals surface area (Å²) >= 11 is 0. The molecule has 0 radical (unpaired) electrons. The number of likely N-dealkylation sites (tertiary alicyclic amines) is 1. The van der Waals surface area contributed by atoms with E-state index in [1.165, 1.54) is 24.1 Å². The van der Waals surface area contributed by atoms with Crippen LogP contribution in [0.5, 0.6) is 0 Å². The zero-order chi connectivity index (χ0) is 26.5. The number of fused-ring (bicyclic) bond motifs is 1. The van der Waals surface area contributed by atoms with E-state index in [2.05, 4.69) is 22.2 Å². The Labute approximate surface area is 223 Å². The number of benzene rings is 1. The lowest BCUT2D eigenvalue weighted by molar-refractivity contribution is -0.121. The maximum Gasteiger partial charge on any atom is 0.280 e. The van der Waals surface area contributed by atoms with Gasteiger partial charge in [-0.15, -0.1) is 0 Å². The zero-order valence-corrected chi connectivity index (χ0v) is 22.3. The van der Waals surface area contributed by atoms with Gasteiger partial charge in [0.05, 0.1) is 11.4 Å². The van der Waals surface area contributed by atoms with Crippen molar-refractivity contribution in [1.82, 2.24) is 34.3 Å². The average Bonchev–Trinajstić information content (AvgIpc) is 3.59. The fourth-order valence-corrected chi connectivity index (χ4v) is 5.38. The standard InChI is InChI=1S/C29H37N7O2/c1-22-11-8-16-33(21-22)17-10-15-30-25(37)14-9-20-35-29(38)26-27(23(2)31-35)32-36(24-12-4-3-5-13-24)28(26)34-18-6-7-19-34/h3-7,12-13,18-19,22H,8-11,14-17,20-21H2,1-2H3,(H,30,37)/t22-/m0/s1. The maximum atomic E-state index is 13.6. The quantitative estimate of drug-likeness (QED) is 0.325. The van der Waals surface area contributed by atoms with Crippen molar-refractivity contribution < 1.29 is 4.79 Å².